The summed E-state index contributed by atoms with van der Waals surface area (Å²) >= 11 is 0. The summed E-state index contributed by atoms with van der Waals surface area (Å²) in [5, 5.41) is 8.28. The molecule has 3 heterocycles. The summed E-state index contributed by atoms with van der Waals surface area (Å²) in [7, 11) is 0. The Morgan fingerprint density at radius 3 is 2.81 bits per heavy atom. The van der Waals surface area contributed by atoms with E-state index in [0.29, 0.717) is 12.4 Å². The van der Waals surface area contributed by atoms with Gasteiger partial charge in [-0.2, -0.15) is 4.98 Å². The number of hydrogen-bond acceptors (Lipinski definition) is 6. The lowest BCUT2D eigenvalue weighted by molar-refractivity contribution is 0.129. The predicted molar refractivity (Wildman–Crippen MR) is 76.6 cm³/mol. The van der Waals surface area contributed by atoms with Gasteiger partial charge in [0.2, 0.25) is 5.89 Å². The number of hydrogen-bond donors (Lipinski definition) is 0. The van der Waals surface area contributed by atoms with Gasteiger partial charge in [-0.15, -0.1) is 0 Å². The molecule has 0 amide bonds. The number of rotatable bonds is 4. The lowest BCUT2D eigenvalue weighted by atomic mass is 9.99. The van der Waals surface area contributed by atoms with Crippen molar-refractivity contribution in [3.8, 4) is 0 Å². The lowest BCUT2D eigenvalue weighted by Crippen LogP contribution is -2.33. The van der Waals surface area contributed by atoms with Crippen molar-refractivity contribution in [1.29, 1.82) is 0 Å². The van der Waals surface area contributed by atoms with E-state index in [1.807, 2.05) is 13.0 Å². The number of piperidine rings is 1. The monoisotopic (exact) mass is 290 g/mol. The number of nitrogens with zero attached hydrogens (tertiary/aromatic N) is 4. The van der Waals surface area contributed by atoms with Gasteiger partial charge in [0, 0.05) is 12.0 Å². The average molecular weight is 290 g/mol. The predicted octanol–water partition coefficient (Wildman–Crippen LogP) is 3.22. The molecule has 1 atom stereocenters. The van der Waals surface area contributed by atoms with E-state index in [9.17, 15) is 0 Å². The Kier molecular flexibility index (Phi) is 4.05. The number of aryl methyl sites for hydroxylation is 1. The summed E-state index contributed by atoms with van der Waals surface area (Å²) in [5.41, 5.74) is 1.01. The SMILES string of the molecule is Cc1cc([C@H]2CCCCN2Cc2noc(C(C)C)n2)no1. The first-order valence-corrected chi connectivity index (χ1v) is 7.63. The van der Waals surface area contributed by atoms with Crippen LogP contribution in [0.3, 0.4) is 0 Å². The molecule has 6 heteroatoms. The highest BCUT2D eigenvalue weighted by Gasteiger charge is 2.27. The zero-order chi connectivity index (χ0) is 14.8. The quantitative estimate of drug-likeness (QED) is 0.861. The minimum Gasteiger partial charge on any atom is -0.361 e. The van der Waals surface area contributed by atoms with Gasteiger partial charge in [-0.3, -0.25) is 4.90 Å². The summed E-state index contributed by atoms with van der Waals surface area (Å²) in [5.74, 6) is 2.58. The minimum atomic E-state index is 0.265. The van der Waals surface area contributed by atoms with E-state index in [4.69, 9.17) is 9.05 Å². The van der Waals surface area contributed by atoms with Crippen molar-refractivity contribution in [3.63, 3.8) is 0 Å². The molecule has 0 aromatic carbocycles. The second-order valence-corrected chi connectivity index (χ2v) is 6.05. The molecule has 0 unspecified atom stereocenters. The van der Waals surface area contributed by atoms with E-state index in [1.165, 1.54) is 12.8 Å². The Balaban J connectivity index is 1.74. The van der Waals surface area contributed by atoms with Crippen molar-refractivity contribution < 1.29 is 9.05 Å². The maximum absolute atomic E-state index is 5.29. The van der Waals surface area contributed by atoms with Crippen LogP contribution in [0, 0.1) is 6.92 Å². The van der Waals surface area contributed by atoms with E-state index in [1.54, 1.807) is 0 Å². The first-order chi connectivity index (χ1) is 10.1. The second kappa shape index (κ2) is 5.97. The van der Waals surface area contributed by atoms with Crippen molar-refractivity contribution >= 4 is 0 Å². The summed E-state index contributed by atoms with van der Waals surface area (Å²) < 4.78 is 10.5. The van der Waals surface area contributed by atoms with Gasteiger partial charge in [0.25, 0.3) is 0 Å². The Hall–Kier alpha value is -1.69. The molecule has 0 N–H and O–H groups in total. The van der Waals surface area contributed by atoms with E-state index in [-0.39, 0.29) is 12.0 Å². The highest BCUT2D eigenvalue weighted by Crippen LogP contribution is 2.31. The largest absolute Gasteiger partial charge is 0.361 e. The molecule has 6 nitrogen and oxygen atoms in total. The van der Waals surface area contributed by atoms with E-state index in [0.717, 1.165) is 30.2 Å². The van der Waals surface area contributed by atoms with Crippen LogP contribution < -0.4 is 0 Å². The molecule has 2 aromatic rings. The van der Waals surface area contributed by atoms with Gasteiger partial charge >= 0.3 is 0 Å². The van der Waals surface area contributed by atoms with E-state index >= 15 is 0 Å². The minimum absolute atomic E-state index is 0.265. The third-order valence-electron chi connectivity index (χ3n) is 3.92. The third kappa shape index (κ3) is 3.15. The van der Waals surface area contributed by atoms with Crippen LogP contribution in [-0.4, -0.2) is 26.7 Å². The molecule has 21 heavy (non-hydrogen) atoms. The zero-order valence-electron chi connectivity index (χ0n) is 12.9. The van der Waals surface area contributed by atoms with Crippen LogP contribution in [0.1, 0.15) is 68.2 Å². The van der Waals surface area contributed by atoms with Crippen molar-refractivity contribution in [2.75, 3.05) is 6.54 Å². The van der Waals surface area contributed by atoms with Gasteiger partial charge in [0.15, 0.2) is 5.82 Å². The Bertz CT molecular complexity index is 590. The summed E-state index contributed by atoms with van der Waals surface area (Å²) in [6, 6.07) is 2.32. The number of aromatic nitrogens is 3. The van der Waals surface area contributed by atoms with Crippen LogP contribution >= 0.6 is 0 Å². The summed E-state index contributed by atoms with van der Waals surface area (Å²) in [6.07, 6.45) is 3.51. The molecule has 1 aliphatic rings. The molecule has 0 spiro atoms. The van der Waals surface area contributed by atoms with Crippen LogP contribution in [-0.2, 0) is 6.54 Å². The fourth-order valence-corrected chi connectivity index (χ4v) is 2.81. The van der Waals surface area contributed by atoms with Crippen LogP contribution in [0.2, 0.25) is 0 Å². The Morgan fingerprint density at radius 2 is 2.14 bits per heavy atom. The van der Waals surface area contributed by atoms with Crippen molar-refractivity contribution in [1.82, 2.24) is 20.2 Å². The normalized spacial score (nSPS) is 20.3. The molecule has 3 rings (SSSR count). The van der Waals surface area contributed by atoms with Gasteiger partial charge < -0.3 is 9.05 Å². The van der Waals surface area contributed by atoms with E-state index < -0.39 is 0 Å². The van der Waals surface area contributed by atoms with Crippen LogP contribution in [0.15, 0.2) is 15.1 Å². The summed E-state index contributed by atoms with van der Waals surface area (Å²) in [4.78, 5) is 6.84. The fraction of sp³-hybridized carbons (Fsp3) is 0.667. The third-order valence-corrected chi connectivity index (χ3v) is 3.92. The Morgan fingerprint density at radius 1 is 1.29 bits per heavy atom. The van der Waals surface area contributed by atoms with Gasteiger partial charge in [0.05, 0.1) is 12.6 Å². The highest BCUT2D eigenvalue weighted by atomic mass is 16.5. The molecule has 0 saturated carbocycles. The van der Waals surface area contributed by atoms with Gasteiger partial charge in [-0.25, -0.2) is 0 Å². The van der Waals surface area contributed by atoms with Crippen molar-refractivity contribution in [2.24, 2.45) is 0 Å². The molecule has 114 valence electrons. The average Bonchev–Trinajstić information content (AvgIpc) is 3.09. The van der Waals surface area contributed by atoms with Crippen LogP contribution in [0.4, 0.5) is 0 Å². The molecular weight excluding hydrogens is 268 g/mol. The molecule has 1 fully saturated rings. The second-order valence-electron chi connectivity index (χ2n) is 6.05. The van der Waals surface area contributed by atoms with Crippen LogP contribution in [0.5, 0.6) is 0 Å². The Labute approximate surface area is 124 Å². The summed E-state index contributed by atoms with van der Waals surface area (Å²) in [6.45, 7) is 7.77. The van der Waals surface area contributed by atoms with Crippen molar-refractivity contribution in [3.05, 3.63) is 29.2 Å². The van der Waals surface area contributed by atoms with Crippen LogP contribution in [0.25, 0.3) is 0 Å². The first-order valence-electron chi connectivity index (χ1n) is 7.63. The van der Waals surface area contributed by atoms with Gasteiger partial charge in [0.1, 0.15) is 11.5 Å². The van der Waals surface area contributed by atoms with Gasteiger partial charge in [-0.05, 0) is 26.3 Å². The molecular formula is C15H22N4O2. The fourth-order valence-electron chi connectivity index (χ4n) is 2.81. The number of likely N-dealkylation sites (tertiary alicyclic amines) is 1. The topological polar surface area (TPSA) is 68.2 Å². The molecule has 0 aliphatic carbocycles. The lowest BCUT2D eigenvalue weighted by Gasteiger charge is -2.33. The molecule has 1 saturated heterocycles. The smallest absolute Gasteiger partial charge is 0.229 e. The van der Waals surface area contributed by atoms with Gasteiger partial charge in [-0.1, -0.05) is 30.6 Å². The molecule has 2 aromatic heterocycles. The highest BCUT2D eigenvalue weighted by molar-refractivity contribution is 5.10. The standard InChI is InChI=1S/C15H22N4O2/c1-10(2)15-16-14(18-21-15)9-19-7-5-4-6-13(19)12-8-11(3)20-17-12/h8,10,13H,4-7,9H2,1-3H3/t13-/m1/s1. The maximum Gasteiger partial charge on any atom is 0.229 e. The van der Waals surface area contributed by atoms with Crippen molar-refractivity contribution in [2.45, 2.75) is 58.5 Å². The molecule has 0 bridgehead atoms. The molecule has 0 radical (unpaired) electrons. The maximum atomic E-state index is 5.29. The zero-order valence-corrected chi connectivity index (χ0v) is 12.9. The van der Waals surface area contributed by atoms with E-state index in [2.05, 4.69) is 34.0 Å². The molecule has 1 aliphatic heterocycles. The first kappa shape index (κ1) is 14.3.